The second kappa shape index (κ2) is 10.3. The number of benzene rings is 3. The summed E-state index contributed by atoms with van der Waals surface area (Å²) in [7, 11) is 4.61. The third-order valence-electron chi connectivity index (χ3n) is 5.07. The molecular formula is C25H27NO4. The van der Waals surface area contributed by atoms with Crippen LogP contribution in [0.1, 0.15) is 33.8 Å². The zero-order chi connectivity index (χ0) is 21.3. The molecule has 3 aromatic carbocycles. The second-order valence-corrected chi connectivity index (χ2v) is 6.83. The fourth-order valence-corrected chi connectivity index (χ4v) is 3.53. The van der Waals surface area contributed by atoms with Gasteiger partial charge in [0.25, 0.3) is 5.91 Å². The molecule has 0 heterocycles. The summed E-state index contributed by atoms with van der Waals surface area (Å²) in [6.45, 7) is 0.519. The number of ether oxygens (including phenoxy) is 3. The summed E-state index contributed by atoms with van der Waals surface area (Å²) in [6.07, 6.45) is 0.773. The third kappa shape index (κ3) is 4.92. The van der Waals surface area contributed by atoms with Crippen molar-refractivity contribution in [1.82, 2.24) is 5.32 Å². The molecular weight excluding hydrogens is 378 g/mol. The van der Waals surface area contributed by atoms with Crippen molar-refractivity contribution >= 4 is 5.91 Å². The van der Waals surface area contributed by atoms with Gasteiger partial charge in [-0.2, -0.15) is 0 Å². The number of amides is 1. The SMILES string of the molecule is COc1cc(OC)c(C(=O)NCCC(c2ccccc2)c2ccccc2)cc1OC. The van der Waals surface area contributed by atoms with Crippen LogP contribution < -0.4 is 19.5 Å². The van der Waals surface area contributed by atoms with Crippen LogP contribution in [0.25, 0.3) is 0 Å². The predicted molar refractivity (Wildman–Crippen MR) is 118 cm³/mol. The van der Waals surface area contributed by atoms with Gasteiger partial charge >= 0.3 is 0 Å². The minimum Gasteiger partial charge on any atom is -0.496 e. The van der Waals surface area contributed by atoms with Crippen molar-refractivity contribution in [1.29, 1.82) is 0 Å². The molecule has 0 unspecified atom stereocenters. The highest BCUT2D eigenvalue weighted by Crippen LogP contribution is 2.34. The van der Waals surface area contributed by atoms with Crippen LogP contribution in [0.4, 0.5) is 0 Å². The van der Waals surface area contributed by atoms with Crippen molar-refractivity contribution in [3.8, 4) is 17.2 Å². The molecule has 3 rings (SSSR count). The second-order valence-electron chi connectivity index (χ2n) is 6.83. The molecule has 1 N–H and O–H groups in total. The molecule has 0 aromatic heterocycles. The Bertz CT molecular complexity index is 918. The Morgan fingerprint density at radius 2 is 1.27 bits per heavy atom. The molecule has 0 fully saturated rings. The summed E-state index contributed by atoms with van der Waals surface area (Å²) in [5.41, 5.74) is 2.86. The number of carbonyl (C=O) groups excluding carboxylic acids is 1. The van der Waals surface area contributed by atoms with Crippen molar-refractivity contribution in [2.75, 3.05) is 27.9 Å². The minimum atomic E-state index is -0.215. The maximum atomic E-state index is 12.9. The summed E-state index contributed by atoms with van der Waals surface area (Å²) in [5.74, 6) is 1.41. The molecule has 1 amide bonds. The van der Waals surface area contributed by atoms with Crippen molar-refractivity contribution in [3.05, 3.63) is 89.5 Å². The molecule has 0 aliphatic rings. The van der Waals surface area contributed by atoms with Crippen LogP contribution in [-0.4, -0.2) is 33.8 Å². The highest BCUT2D eigenvalue weighted by Gasteiger charge is 2.19. The lowest BCUT2D eigenvalue weighted by Gasteiger charge is -2.19. The standard InChI is InChI=1S/C25H27NO4/c1-28-22-17-24(30-3)23(29-2)16-21(22)25(27)26-15-14-20(18-10-6-4-7-11-18)19-12-8-5-9-13-19/h4-13,16-17,20H,14-15H2,1-3H3,(H,26,27). The van der Waals surface area contributed by atoms with Gasteiger partial charge < -0.3 is 19.5 Å². The average Bonchev–Trinajstić information content (AvgIpc) is 2.81. The lowest BCUT2D eigenvalue weighted by molar-refractivity contribution is 0.0949. The molecule has 0 radical (unpaired) electrons. The van der Waals surface area contributed by atoms with E-state index in [2.05, 4.69) is 29.6 Å². The quantitative estimate of drug-likeness (QED) is 0.562. The predicted octanol–water partition coefficient (Wildman–Crippen LogP) is 4.66. The zero-order valence-electron chi connectivity index (χ0n) is 17.6. The van der Waals surface area contributed by atoms with Gasteiger partial charge in [-0.25, -0.2) is 0 Å². The van der Waals surface area contributed by atoms with E-state index in [0.29, 0.717) is 29.4 Å². The Hall–Kier alpha value is -3.47. The summed E-state index contributed by atoms with van der Waals surface area (Å²) in [5, 5.41) is 3.02. The Labute approximate surface area is 177 Å². The molecule has 0 spiro atoms. The van der Waals surface area contributed by atoms with Gasteiger partial charge in [0.2, 0.25) is 0 Å². The van der Waals surface area contributed by atoms with Crippen LogP contribution in [0.5, 0.6) is 17.2 Å². The molecule has 0 aliphatic heterocycles. The van der Waals surface area contributed by atoms with E-state index in [1.807, 2.05) is 36.4 Å². The molecule has 5 heteroatoms. The van der Waals surface area contributed by atoms with Crippen molar-refractivity contribution < 1.29 is 19.0 Å². The summed E-state index contributed by atoms with van der Waals surface area (Å²) < 4.78 is 16.0. The average molecular weight is 405 g/mol. The monoisotopic (exact) mass is 405 g/mol. The van der Waals surface area contributed by atoms with E-state index in [1.54, 1.807) is 19.2 Å². The maximum absolute atomic E-state index is 12.9. The van der Waals surface area contributed by atoms with Gasteiger partial charge in [-0.1, -0.05) is 60.7 Å². The Morgan fingerprint density at radius 3 is 1.77 bits per heavy atom. The van der Waals surface area contributed by atoms with Crippen LogP contribution in [0.3, 0.4) is 0 Å². The molecule has 0 saturated heterocycles. The fourth-order valence-electron chi connectivity index (χ4n) is 3.53. The Balaban J connectivity index is 1.75. The Kier molecular flexibility index (Phi) is 7.33. The van der Waals surface area contributed by atoms with Crippen LogP contribution in [0.2, 0.25) is 0 Å². The first-order valence-corrected chi connectivity index (χ1v) is 9.86. The molecule has 5 nitrogen and oxygen atoms in total. The highest BCUT2D eigenvalue weighted by atomic mass is 16.5. The smallest absolute Gasteiger partial charge is 0.255 e. The van der Waals surface area contributed by atoms with E-state index in [1.165, 1.54) is 25.3 Å². The van der Waals surface area contributed by atoms with Gasteiger partial charge in [-0.15, -0.1) is 0 Å². The van der Waals surface area contributed by atoms with Gasteiger partial charge in [0.05, 0.1) is 26.9 Å². The van der Waals surface area contributed by atoms with E-state index >= 15 is 0 Å². The fraction of sp³-hybridized carbons (Fsp3) is 0.240. The van der Waals surface area contributed by atoms with Crippen LogP contribution in [-0.2, 0) is 0 Å². The lowest BCUT2D eigenvalue weighted by atomic mass is 9.88. The zero-order valence-corrected chi connectivity index (χ0v) is 17.6. The van der Waals surface area contributed by atoms with E-state index in [0.717, 1.165) is 6.42 Å². The normalized spacial score (nSPS) is 10.5. The maximum Gasteiger partial charge on any atom is 0.255 e. The van der Waals surface area contributed by atoms with Gasteiger partial charge in [0.15, 0.2) is 11.5 Å². The summed E-state index contributed by atoms with van der Waals surface area (Å²) in [6, 6.07) is 24.0. The first-order valence-electron chi connectivity index (χ1n) is 9.86. The number of rotatable bonds is 9. The number of hydrogen-bond acceptors (Lipinski definition) is 4. The lowest BCUT2D eigenvalue weighted by Crippen LogP contribution is -2.26. The van der Waals surface area contributed by atoms with E-state index in [9.17, 15) is 4.79 Å². The molecule has 156 valence electrons. The van der Waals surface area contributed by atoms with Gasteiger partial charge in [0.1, 0.15) is 5.75 Å². The van der Waals surface area contributed by atoms with Crippen molar-refractivity contribution in [2.45, 2.75) is 12.3 Å². The first-order chi connectivity index (χ1) is 14.7. The van der Waals surface area contributed by atoms with E-state index < -0.39 is 0 Å². The topological polar surface area (TPSA) is 56.8 Å². The Morgan fingerprint density at radius 1 is 0.767 bits per heavy atom. The molecule has 3 aromatic rings. The van der Waals surface area contributed by atoms with Gasteiger partial charge in [-0.05, 0) is 17.5 Å². The van der Waals surface area contributed by atoms with E-state index in [4.69, 9.17) is 14.2 Å². The molecule has 0 atom stereocenters. The summed E-state index contributed by atoms with van der Waals surface area (Å²) in [4.78, 5) is 12.9. The molecule has 0 bridgehead atoms. The van der Waals surface area contributed by atoms with E-state index in [-0.39, 0.29) is 11.8 Å². The summed E-state index contributed by atoms with van der Waals surface area (Å²) >= 11 is 0. The molecule has 0 saturated carbocycles. The molecule has 0 aliphatic carbocycles. The number of hydrogen-bond donors (Lipinski definition) is 1. The van der Waals surface area contributed by atoms with Crippen LogP contribution >= 0.6 is 0 Å². The van der Waals surface area contributed by atoms with Crippen molar-refractivity contribution in [3.63, 3.8) is 0 Å². The third-order valence-corrected chi connectivity index (χ3v) is 5.07. The minimum absolute atomic E-state index is 0.194. The molecule has 30 heavy (non-hydrogen) atoms. The first kappa shape index (κ1) is 21.2. The number of carbonyl (C=O) groups is 1. The van der Waals surface area contributed by atoms with Gasteiger partial charge in [0, 0.05) is 24.6 Å². The van der Waals surface area contributed by atoms with Gasteiger partial charge in [-0.3, -0.25) is 4.79 Å². The van der Waals surface area contributed by atoms with Crippen LogP contribution in [0.15, 0.2) is 72.8 Å². The van der Waals surface area contributed by atoms with Crippen molar-refractivity contribution in [2.24, 2.45) is 0 Å². The number of methoxy groups -OCH3 is 3. The highest BCUT2D eigenvalue weighted by molar-refractivity contribution is 5.97. The van der Waals surface area contributed by atoms with Crippen LogP contribution in [0, 0.1) is 0 Å². The largest absolute Gasteiger partial charge is 0.496 e. The number of nitrogens with one attached hydrogen (secondary N) is 1.